The van der Waals surface area contributed by atoms with Crippen molar-refractivity contribution in [2.24, 2.45) is 17.8 Å². The van der Waals surface area contributed by atoms with Crippen LogP contribution >= 0.6 is 0 Å². The molecule has 0 aromatic heterocycles. The minimum atomic E-state index is 0. The first kappa shape index (κ1) is 51.2. The van der Waals surface area contributed by atoms with Gasteiger partial charge in [-0.25, -0.2) is 0 Å². The third-order valence-corrected chi connectivity index (χ3v) is 0. The molecule has 0 atom stereocenters. The van der Waals surface area contributed by atoms with Crippen molar-refractivity contribution in [3.05, 3.63) is 7.43 Å². The molecule has 0 bridgehead atoms. The molecule has 0 aromatic carbocycles. The standard InChI is InChI=1S/3C4H10.C2H6.2CH4.CH3.Ir/c3*1-4(2)3;1-2;;;;/h3*4H,1-3H3;1-2H3;2*1H4;1H3;/q;;;;;;-1;. The molecule has 18 heavy (non-hydrogen) atoms. The molecule has 0 saturated heterocycles. The number of hydrogen-bond donors (Lipinski definition) is 0. The molecule has 0 spiro atoms. The molecule has 125 valence electrons. The second-order valence-electron chi connectivity index (χ2n) is 5.20. The zero-order valence-corrected chi connectivity index (χ0v) is 16.5. The van der Waals surface area contributed by atoms with E-state index in [4.69, 9.17) is 0 Å². The molecular formula is C17H47Ir-. The molecule has 0 unspecified atom stereocenters. The fourth-order valence-electron chi connectivity index (χ4n) is 0. The van der Waals surface area contributed by atoms with Gasteiger partial charge in [-0.2, -0.15) is 0 Å². The van der Waals surface area contributed by atoms with Crippen molar-refractivity contribution in [1.82, 2.24) is 0 Å². The SMILES string of the molecule is C.C.CC.CC(C)C.CC(C)C.CC(C)C.[CH3-].[Ir]. The van der Waals surface area contributed by atoms with E-state index in [9.17, 15) is 0 Å². The van der Waals surface area contributed by atoms with Crippen LogP contribution < -0.4 is 0 Å². The van der Waals surface area contributed by atoms with Crippen LogP contribution in [0.1, 0.15) is 91.0 Å². The normalized spacial score (nSPS) is 6.33. The van der Waals surface area contributed by atoms with Crippen molar-refractivity contribution in [3.63, 3.8) is 0 Å². The Balaban J connectivity index is -0.0000000118. The van der Waals surface area contributed by atoms with E-state index < -0.39 is 0 Å². The Labute approximate surface area is 136 Å². The van der Waals surface area contributed by atoms with E-state index in [1.165, 1.54) is 0 Å². The summed E-state index contributed by atoms with van der Waals surface area (Å²) in [7, 11) is 0. The van der Waals surface area contributed by atoms with Crippen molar-refractivity contribution < 1.29 is 20.1 Å². The molecule has 0 fully saturated rings. The van der Waals surface area contributed by atoms with Crippen molar-refractivity contribution in [2.45, 2.75) is 91.0 Å². The van der Waals surface area contributed by atoms with E-state index in [1.54, 1.807) is 0 Å². The molecule has 0 amide bonds. The van der Waals surface area contributed by atoms with Gasteiger partial charge in [-0.3, -0.25) is 0 Å². The van der Waals surface area contributed by atoms with Gasteiger partial charge in [0, 0.05) is 20.1 Å². The molecule has 1 radical (unpaired) electrons. The van der Waals surface area contributed by atoms with E-state index in [2.05, 4.69) is 62.3 Å². The molecule has 0 rings (SSSR count). The topological polar surface area (TPSA) is 0 Å². The van der Waals surface area contributed by atoms with Gasteiger partial charge in [0.1, 0.15) is 0 Å². The monoisotopic (exact) mass is 444 g/mol. The average molecular weight is 444 g/mol. The van der Waals surface area contributed by atoms with E-state index in [0.29, 0.717) is 0 Å². The summed E-state index contributed by atoms with van der Waals surface area (Å²) in [4.78, 5) is 0. The molecule has 0 aliphatic rings. The minimum Gasteiger partial charge on any atom is -0.358 e. The first-order valence-corrected chi connectivity index (χ1v) is 6.20. The largest absolute Gasteiger partial charge is 0.358 e. The summed E-state index contributed by atoms with van der Waals surface area (Å²) in [6.45, 7) is 23.5. The van der Waals surface area contributed by atoms with Crippen LogP contribution in [0.5, 0.6) is 0 Å². The van der Waals surface area contributed by atoms with Crippen LogP contribution in [-0.2, 0) is 20.1 Å². The average Bonchev–Trinajstić information content (AvgIpc) is 1.86. The molecule has 0 aliphatic heterocycles. The first-order valence-electron chi connectivity index (χ1n) is 6.20. The maximum atomic E-state index is 2.17. The van der Waals surface area contributed by atoms with Crippen LogP contribution in [0.15, 0.2) is 0 Å². The second-order valence-corrected chi connectivity index (χ2v) is 5.20. The molecule has 0 aromatic rings. The van der Waals surface area contributed by atoms with Crippen molar-refractivity contribution in [3.8, 4) is 0 Å². The van der Waals surface area contributed by atoms with Gasteiger partial charge in [0.05, 0.1) is 0 Å². The predicted octanol–water partition coefficient (Wildman–Crippen LogP) is 7.73. The van der Waals surface area contributed by atoms with Gasteiger partial charge in [0.2, 0.25) is 0 Å². The molecular weight excluding hydrogens is 396 g/mol. The third kappa shape index (κ3) is 9670. The van der Waals surface area contributed by atoms with E-state index >= 15 is 0 Å². The summed E-state index contributed by atoms with van der Waals surface area (Å²) in [5, 5.41) is 0. The van der Waals surface area contributed by atoms with Gasteiger partial charge in [-0.05, 0) is 17.8 Å². The summed E-state index contributed by atoms with van der Waals surface area (Å²) in [6, 6.07) is 0. The van der Waals surface area contributed by atoms with Gasteiger partial charge in [0.15, 0.2) is 0 Å². The summed E-state index contributed by atoms with van der Waals surface area (Å²) >= 11 is 0. The Morgan fingerprint density at radius 2 is 0.444 bits per heavy atom. The zero-order valence-electron chi connectivity index (χ0n) is 14.1. The Bertz CT molecular complexity index is 34.1. The van der Waals surface area contributed by atoms with Gasteiger partial charge in [-0.15, -0.1) is 0 Å². The third-order valence-electron chi connectivity index (χ3n) is 0. The van der Waals surface area contributed by atoms with Crippen molar-refractivity contribution >= 4 is 0 Å². The molecule has 0 saturated carbocycles. The van der Waals surface area contributed by atoms with Crippen LogP contribution in [0.25, 0.3) is 0 Å². The van der Waals surface area contributed by atoms with Gasteiger partial charge >= 0.3 is 0 Å². The molecule has 0 heterocycles. The van der Waals surface area contributed by atoms with Crippen molar-refractivity contribution in [1.29, 1.82) is 0 Å². The predicted molar refractivity (Wildman–Crippen MR) is 92.8 cm³/mol. The van der Waals surface area contributed by atoms with E-state index in [1.807, 2.05) is 13.8 Å². The summed E-state index contributed by atoms with van der Waals surface area (Å²) in [6.07, 6.45) is 0. The van der Waals surface area contributed by atoms with Gasteiger partial charge < -0.3 is 7.43 Å². The zero-order chi connectivity index (χ0) is 12.7. The van der Waals surface area contributed by atoms with E-state index in [0.717, 1.165) is 17.8 Å². The minimum absolute atomic E-state index is 0. The second kappa shape index (κ2) is 52.5. The fourth-order valence-corrected chi connectivity index (χ4v) is 0. The summed E-state index contributed by atoms with van der Waals surface area (Å²) in [5.41, 5.74) is 0. The van der Waals surface area contributed by atoms with Gasteiger partial charge in [0.25, 0.3) is 0 Å². The van der Waals surface area contributed by atoms with Crippen LogP contribution in [0, 0.1) is 25.2 Å². The quantitative estimate of drug-likeness (QED) is 0.336. The van der Waals surface area contributed by atoms with Crippen LogP contribution in [0.3, 0.4) is 0 Å². The Morgan fingerprint density at radius 3 is 0.444 bits per heavy atom. The number of hydrogen-bond acceptors (Lipinski definition) is 0. The number of rotatable bonds is 0. The van der Waals surface area contributed by atoms with Crippen LogP contribution in [-0.4, -0.2) is 0 Å². The maximum Gasteiger partial charge on any atom is 0 e. The smallest absolute Gasteiger partial charge is 0 e. The van der Waals surface area contributed by atoms with Crippen LogP contribution in [0.2, 0.25) is 0 Å². The fraction of sp³-hybridized carbons (Fsp3) is 0.941. The molecule has 0 aliphatic carbocycles. The maximum absolute atomic E-state index is 2.17. The summed E-state index contributed by atoms with van der Waals surface area (Å²) in [5.74, 6) is 2.50. The Kier molecular flexibility index (Phi) is 150. The molecule has 1 heteroatoms. The first-order chi connectivity index (χ1) is 6.20. The summed E-state index contributed by atoms with van der Waals surface area (Å²) < 4.78 is 0. The van der Waals surface area contributed by atoms with Crippen LogP contribution in [0.4, 0.5) is 0 Å². The molecule has 0 N–H and O–H groups in total. The Hall–Kier alpha value is 0.649. The molecule has 0 nitrogen and oxygen atoms in total. The Morgan fingerprint density at radius 1 is 0.444 bits per heavy atom. The van der Waals surface area contributed by atoms with Crippen molar-refractivity contribution in [2.75, 3.05) is 0 Å². The van der Waals surface area contributed by atoms with Gasteiger partial charge in [-0.1, -0.05) is 91.0 Å². The van der Waals surface area contributed by atoms with E-state index in [-0.39, 0.29) is 42.4 Å².